The maximum absolute atomic E-state index is 10.7. The second-order valence-corrected chi connectivity index (χ2v) is 5.37. The van der Waals surface area contributed by atoms with Crippen molar-refractivity contribution in [1.29, 1.82) is 0 Å². The average molecular weight is 223 g/mol. The number of hydrogen-bond donors (Lipinski definition) is 0. The molecule has 2 aliphatic heterocycles. The van der Waals surface area contributed by atoms with Crippen LogP contribution in [0.2, 0.25) is 0 Å². The number of nitrogens with zero attached hydrogens (tertiary/aromatic N) is 3. The molecule has 0 aromatic rings. The third-order valence-electron chi connectivity index (χ3n) is 3.32. The van der Waals surface area contributed by atoms with Crippen LogP contribution >= 0.6 is 0 Å². The monoisotopic (exact) mass is 223 g/mol. The van der Waals surface area contributed by atoms with Crippen molar-refractivity contribution < 1.29 is 4.92 Å². The molecule has 1 atom stereocenters. The summed E-state index contributed by atoms with van der Waals surface area (Å²) < 4.78 is 0. The summed E-state index contributed by atoms with van der Waals surface area (Å²) in [6.07, 6.45) is 1.94. The Balaban J connectivity index is 2.32. The van der Waals surface area contributed by atoms with Gasteiger partial charge in [0, 0.05) is 36.6 Å². The van der Waals surface area contributed by atoms with Crippen LogP contribution in [0.3, 0.4) is 0 Å². The van der Waals surface area contributed by atoms with E-state index in [-0.39, 0.29) is 22.0 Å². The standard InChI is InChI=1S/C11H17N3O2/c1-11(2)7-13(3)6-8-4-9(14(15)16)5-12-10(8)11/h5,8H,4,6-7H2,1-3H3. The molecule has 16 heavy (non-hydrogen) atoms. The topological polar surface area (TPSA) is 58.7 Å². The van der Waals surface area contributed by atoms with E-state index < -0.39 is 0 Å². The molecule has 2 rings (SSSR count). The van der Waals surface area contributed by atoms with Gasteiger partial charge in [-0.3, -0.25) is 15.1 Å². The summed E-state index contributed by atoms with van der Waals surface area (Å²) in [6, 6.07) is 0. The predicted octanol–water partition coefficient (Wildman–Crippen LogP) is 1.54. The molecule has 1 unspecified atom stereocenters. The maximum atomic E-state index is 10.7. The summed E-state index contributed by atoms with van der Waals surface area (Å²) in [6.45, 7) is 6.14. The maximum Gasteiger partial charge on any atom is 0.264 e. The number of aliphatic imine (C=N–C) groups is 1. The van der Waals surface area contributed by atoms with E-state index in [4.69, 9.17) is 0 Å². The zero-order valence-corrected chi connectivity index (χ0v) is 9.93. The first-order valence-corrected chi connectivity index (χ1v) is 5.50. The Labute approximate surface area is 95.0 Å². The molecular formula is C11H17N3O2. The molecule has 0 N–H and O–H groups in total. The van der Waals surface area contributed by atoms with Crippen LogP contribution < -0.4 is 0 Å². The number of nitro groups is 1. The van der Waals surface area contributed by atoms with Crippen molar-refractivity contribution in [2.45, 2.75) is 20.3 Å². The van der Waals surface area contributed by atoms with Gasteiger partial charge in [0.25, 0.3) is 5.70 Å². The molecule has 5 nitrogen and oxygen atoms in total. The number of hydrogen-bond acceptors (Lipinski definition) is 4. The summed E-state index contributed by atoms with van der Waals surface area (Å²) in [5, 5.41) is 10.7. The van der Waals surface area contributed by atoms with Crippen molar-refractivity contribution in [2.24, 2.45) is 16.3 Å². The van der Waals surface area contributed by atoms with Crippen LogP contribution in [-0.4, -0.2) is 35.7 Å². The second kappa shape index (κ2) is 3.66. The van der Waals surface area contributed by atoms with Gasteiger partial charge in [-0.25, -0.2) is 0 Å². The number of fused-ring (bicyclic) bond motifs is 1. The Hall–Kier alpha value is -1.23. The third-order valence-corrected chi connectivity index (χ3v) is 3.32. The molecule has 1 fully saturated rings. The molecule has 1 saturated heterocycles. The van der Waals surface area contributed by atoms with Crippen LogP contribution in [0.15, 0.2) is 16.9 Å². The van der Waals surface area contributed by atoms with E-state index in [0.29, 0.717) is 6.42 Å². The van der Waals surface area contributed by atoms with Crippen LogP contribution in [0, 0.1) is 21.4 Å². The van der Waals surface area contributed by atoms with E-state index in [1.54, 1.807) is 0 Å². The Bertz CT molecular complexity index is 385. The quantitative estimate of drug-likeness (QED) is 0.500. The van der Waals surface area contributed by atoms with Crippen molar-refractivity contribution >= 4 is 5.71 Å². The minimum Gasteiger partial charge on any atom is -0.305 e. The van der Waals surface area contributed by atoms with Crippen LogP contribution in [0.25, 0.3) is 0 Å². The largest absolute Gasteiger partial charge is 0.305 e. The number of rotatable bonds is 1. The second-order valence-electron chi connectivity index (χ2n) is 5.37. The lowest BCUT2D eigenvalue weighted by molar-refractivity contribution is -0.429. The molecule has 0 saturated carbocycles. The van der Waals surface area contributed by atoms with Crippen molar-refractivity contribution in [3.05, 3.63) is 22.0 Å². The summed E-state index contributed by atoms with van der Waals surface area (Å²) in [5.41, 5.74) is 1.38. The fourth-order valence-corrected chi connectivity index (χ4v) is 2.85. The highest BCUT2D eigenvalue weighted by Crippen LogP contribution is 2.34. The van der Waals surface area contributed by atoms with E-state index in [1.807, 2.05) is 0 Å². The Kier molecular flexibility index (Phi) is 2.58. The van der Waals surface area contributed by atoms with Gasteiger partial charge in [-0.2, -0.15) is 0 Å². The molecule has 5 heteroatoms. The highest BCUT2D eigenvalue weighted by atomic mass is 16.6. The molecule has 0 aliphatic carbocycles. The molecule has 0 radical (unpaired) electrons. The molecule has 0 bridgehead atoms. The summed E-state index contributed by atoms with van der Waals surface area (Å²) in [5.74, 6) is 0.208. The molecule has 88 valence electrons. The molecule has 2 aliphatic rings. The molecular weight excluding hydrogens is 206 g/mol. The fourth-order valence-electron chi connectivity index (χ4n) is 2.85. The van der Waals surface area contributed by atoms with E-state index in [9.17, 15) is 10.1 Å². The predicted molar refractivity (Wildman–Crippen MR) is 61.9 cm³/mol. The first-order chi connectivity index (χ1) is 7.40. The smallest absolute Gasteiger partial charge is 0.264 e. The lowest BCUT2D eigenvalue weighted by Crippen LogP contribution is -2.50. The van der Waals surface area contributed by atoms with E-state index in [2.05, 4.69) is 30.8 Å². The number of likely N-dealkylation sites (tertiary alicyclic amines) is 1. The van der Waals surface area contributed by atoms with Gasteiger partial charge in [-0.1, -0.05) is 13.8 Å². The zero-order valence-electron chi connectivity index (χ0n) is 9.93. The summed E-state index contributed by atoms with van der Waals surface area (Å²) in [4.78, 5) is 17.0. The van der Waals surface area contributed by atoms with Crippen molar-refractivity contribution in [3.63, 3.8) is 0 Å². The van der Waals surface area contributed by atoms with Gasteiger partial charge in [-0.05, 0) is 7.05 Å². The summed E-state index contributed by atoms with van der Waals surface area (Å²) in [7, 11) is 2.06. The molecule has 0 aromatic heterocycles. The van der Waals surface area contributed by atoms with Gasteiger partial charge in [0.1, 0.15) is 0 Å². The number of allylic oxidation sites excluding steroid dienone is 1. The summed E-state index contributed by atoms with van der Waals surface area (Å²) >= 11 is 0. The van der Waals surface area contributed by atoms with E-state index >= 15 is 0 Å². The normalized spacial score (nSPS) is 29.1. The number of piperidine rings is 1. The van der Waals surface area contributed by atoms with Crippen LogP contribution in [-0.2, 0) is 0 Å². The van der Waals surface area contributed by atoms with Gasteiger partial charge >= 0.3 is 0 Å². The van der Waals surface area contributed by atoms with E-state index in [1.165, 1.54) is 6.20 Å². The van der Waals surface area contributed by atoms with Crippen LogP contribution in [0.1, 0.15) is 20.3 Å². The van der Waals surface area contributed by atoms with Gasteiger partial charge in [0.2, 0.25) is 0 Å². The fraction of sp³-hybridized carbons (Fsp3) is 0.727. The minimum atomic E-state index is -0.318. The van der Waals surface area contributed by atoms with Gasteiger partial charge in [0.15, 0.2) is 0 Å². The van der Waals surface area contributed by atoms with Crippen LogP contribution in [0.4, 0.5) is 0 Å². The molecule has 0 spiro atoms. The molecule has 0 aromatic carbocycles. The highest BCUT2D eigenvalue weighted by Gasteiger charge is 2.40. The molecule has 2 heterocycles. The average Bonchev–Trinajstić information content (AvgIpc) is 2.14. The van der Waals surface area contributed by atoms with Crippen molar-refractivity contribution in [3.8, 4) is 0 Å². The van der Waals surface area contributed by atoms with Gasteiger partial charge in [0.05, 0.1) is 11.1 Å². The van der Waals surface area contributed by atoms with Gasteiger partial charge in [-0.15, -0.1) is 0 Å². The van der Waals surface area contributed by atoms with E-state index in [0.717, 1.165) is 18.8 Å². The Morgan fingerprint density at radius 2 is 2.31 bits per heavy atom. The van der Waals surface area contributed by atoms with Crippen molar-refractivity contribution in [2.75, 3.05) is 20.1 Å². The molecule has 0 amide bonds. The minimum absolute atomic E-state index is 0.0241. The Morgan fingerprint density at radius 1 is 1.62 bits per heavy atom. The lowest BCUT2D eigenvalue weighted by atomic mass is 9.74. The lowest BCUT2D eigenvalue weighted by Gasteiger charge is -2.42. The SMILES string of the molecule is CN1CC2CC([N+](=O)[O-])=CN=C2C(C)(C)C1. The Morgan fingerprint density at radius 3 is 2.94 bits per heavy atom. The first kappa shape index (κ1) is 11.3. The van der Waals surface area contributed by atoms with Crippen molar-refractivity contribution in [1.82, 2.24) is 4.90 Å². The highest BCUT2D eigenvalue weighted by molar-refractivity contribution is 5.94. The van der Waals surface area contributed by atoms with Gasteiger partial charge < -0.3 is 4.90 Å². The third kappa shape index (κ3) is 1.87. The zero-order chi connectivity index (χ0) is 11.9. The first-order valence-electron chi connectivity index (χ1n) is 5.50. The van der Waals surface area contributed by atoms with Crippen LogP contribution in [0.5, 0.6) is 0 Å².